The van der Waals surface area contributed by atoms with Gasteiger partial charge in [0.15, 0.2) is 30.4 Å². The average molecular weight is 1160 g/mol. The summed E-state index contributed by atoms with van der Waals surface area (Å²) in [5.41, 5.74) is -16.9. The third-order valence-electron chi connectivity index (χ3n) is 6.68. The van der Waals surface area contributed by atoms with Gasteiger partial charge < -0.3 is 40.0 Å². The molecule has 6 N–H and O–H groups in total. The fourth-order valence-electron chi connectivity index (χ4n) is 4.08. The van der Waals surface area contributed by atoms with Crippen molar-refractivity contribution in [3.8, 4) is 6.07 Å². The first-order valence-corrected chi connectivity index (χ1v) is 22.0. The van der Waals surface area contributed by atoms with Crippen LogP contribution >= 0.6 is 0 Å². The Morgan fingerprint density at radius 2 is 0.672 bits per heavy atom. The molecule has 0 atom stereocenters. The van der Waals surface area contributed by atoms with Crippen LogP contribution in [0.4, 0.5) is 39.5 Å². The Balaban J connectivity index is -0.000000234. The van der Waals surface area contributed by atoms with Gasteiger partial charge >= 0.3 is 55.1 Å². The van der Waals surface area contributed by atoms with E-state index in [1.165, 1.54) is 6.92 Å². The molecule has 21 nitrogen and oxygen atoms in total. The number of alkyl halides is 9. The number of carbonyl (C=O) groups is 3. The average Bonchev–Trinajstić information content (AvgIpc) is 3.02. The molecule has 0 aromatic carbocycles. The minimum atomic E-state index is -6.09. The Morgan fingerprint density at radius 3 is 0.781 bits per heavy atom. The maximum atomic E-state index is 12.5. The molecule has 0 bridgehead atoms. The molecule has 0 aromatic heterocycles. The quantitative estimate of drug-likeness (QED) is 0.108. The third kappa shape index (κ3) is 41.5. The van der Waals surface area contributed by atoms with Crippen LogP contribution in [0, 0.1) is 49.9 Å². The summed E-state index contributed by atoms with van der Waals surface area (Å²) < 4.78 is 177. The number of hydrogen-bond donors (Lipinski definition) is 3. The normalized spacial score (nSPS) is 15.4. The molecule has 34 heteroatoms. The molecular formula is C30H57F9N8O13S3Tb+. The molecule has 0 radical (unpaired) electrons. The zero-order valence-electron chi connectivity index (χ0n) is 35.9. The van der Waals surface area contributed by atoms with Crippen LogP contribution in [-0.4, -0.2) is 189 Å². The molecule has 0 aliphatic carbocycles. The van der Waals surface area contributed by atoms with Gasteiger partial charge in [0.05, 0.1) is 25.7 Å². The Bertz CT molecular complexity index is 1570. The second-order valence-electron chi connectivity index (χ2n) is 13.4. The Morgan fingerprint density at radius 1 is 0.531 bits per heavy atom. The van der Waals surface area contributed by atoms with Crippen LogP contribution in [0.15, 0.2) is 0 Å². The van der Waals surface area contributed by atoms with Gasteiger partial charge in [-0.25, -0.2) is 25.3 Å². The van der Waals surface area contributed by atoms with Crippen molar-refractivity contribution in [1.82, 2.24) is 35.6 Å². The van der Waals surface area contributed by atoms with Crippen LogP contribution in [0.3, 0.4) is 0 Å². The largest absolute Gasteiger partial charge is 3.00 e. The molecule has 1 aliphatic heterocycles. The monoisotopic (exact) mass is 1160 g/mol. The molecule has 0 spiro atoms. The number of likely N-dealkylation sites (N-methyl/N-ethyl adjacent to an activating group) is 1. The number of nitrogens with one attached hydrogen (secondary N) is 3. The van der Waals surface area contributed by atoms with Crippen LogP contribution in [0.2, 0.25) is 0 Å². The summed E-state index contributed by atoms with van der Waals surface area (Å²) in [6.45, 7) is 23.3. The molecule has 1 aliphatic rings. The standard InChI is InChI=1S/C25H51N7O3.C2H3N.3CHF3O3S.H2O.Tb/c1-8-29-9-11-30(17-23(33)26-20(2)3)13-15-32(19-25(35)28-22(6)7)16-14-31(12-10-29)18-24(34)27-21(4)5;1-2-3;3*2-1(3,4)8(5,6)7;;/h20-22H,8-19H2,1-7H3,(H,26,33)(H,27,34)(H,28,35);1H3;3*(H,5,6,7);1H2;/q;;;;;;+3/p-2. The summed E-state index contributed by atoms with van der Waals surface area (Å²) in [7, 11) is -18.3. The molecule has 1 heterocycles. The zero-order chi connectivity index (χ0) is 50.1. The van der Waals surface area contributed by atoms with Crippen molar-refractivity contribution >= 4 is 48.1 Å². The van der Waals surface area contributed by atoms with Gasteiger partial charge in [-0.15, -0.1) is 0 Å². The van der Waals surface area contributed by atoms with Crippen molar-refractivity contribution in [3.05, 3.63) is 0 Å². The van der Waals surface area contributed by atoms with Crippen molar-refractivity contribution in [3.63, 3.8) is 0 Å². The van der Waals surface area contributed by atoms with E-state index in [0.29, 0.717) is 45.8 Å². The van der Waals surface area contributed by atoms with E-state index in [0.717, 1.165) is 32.7 Å². The molecule has 64 heavy (non-hydrogen) atoms. The molecular weight excluding hydrogens is 1110 g/mol. The van der Waals surface area contributed by atoms with E-state index in [4.69, 9.17) is 44.2 Å². The van der Waals surface area contributed by atoms with E-state index in [1.807, 2.05) is 41.5 Å². The number of nitriles is 1. The molecule has 0 unspecified atom stereocenters. The summed E-state index contributed by atoms with van der Waals surface area (Å²) in [5, 5.41) is 16.3. The van der Waals surface area contributed by atoms with Crippen molar-refractivity contribution in [2.24, 2.45) is 0 Å². The van der Waals surface area contributed by atoms with Crippen molar-refractivity contribution < 1.29 is 137 Å². The Labute approximate surface area is 398 Å². The molecule has 3 amide bonds. The van der Waals surface area contributed by atoms with Crippen molar-refractivity contribution in [2.75, 3.05) is 78.5 Å². The maximum absolute atomic E-state index is 12.5. The van der Waals surface area contributed by atoms with Crippen molar-refractivity contribution in [2.45, 2.75) is 90.0 Å². The SMILES string of the molecule is CC#N.CCN1CCN(CC(=O)NC(C)C)CCN(CC(=O)NC(C)C)CCN(CC(=O)NC(C)C)CC1.O=S(=O)([O-])C(F)(F)F.O=S(=O)([O-])C(F)(F)F.O=S(=O)([O-])C(F)(F)F.[OH3+].[Tb+3]. The summed E-state index contributed by atoms with van der Waals surface area (Å²) in [6, 6.07) is 2.05. The fraction of sp³-hybridized carbons (Fsp3) is 0.867. The number of hydrogen-bond acceptors (Lipinski definition) is 17. The van der Waals surface area contributed by atoms with Gasteiger partial charge in [-0.2, -0.15) is 44.8 Å². The summed E-state index contributed by atoms with van der Waals surface area (Å²) in [5.74, 6) is 0.0561. The third-order valence-corrected chi connectivity index (χ3v) is 8.38. The second kappa shape index (κ2) is 34.4. The van der Waals surface area contributed by atoms with Gasteiger partial charge in [0.25, 0.3) is 0 Å². The van der Waals surface area contributed by atoms with E-state index in [-0.39, 0.29) is 79.9 Å². The van der Waals surface area contributed by atoms with Gasteiger partial charge in [0.2, 0.25) is 17.7 Å². The van der Waals surface area contributed by atoms with E-state index in [1.54, 1.807) is 6.07 Å². The smallest absolute Gasteiger partial charge is 0.741 e. The first-order chi connectivity index (χ1) is 27.6. The van der Waals surface area contributed by atoms with Gasteiger partial charge in [-0.1, -0.05) is 6.92 Å². The van der Waals surface area contributed by atoms with Gasteiger partial charge in [0.1, 0.15) is 0 Å². The second-order valence-corrected chi connectivity index (χ2v) is 17.5. The first kappa shape index (κ1) is 73.6. The predicted molar refractivity (Wildman–Crippen MR) is 205 cm³/mol. The van der Waals surface area contributed by atoms with Crippen molar-refractivity contribution in [1.29, 1.82) is 5.26 Å². The minimum absolute atomic E-state index is 0. The first-order valence-electron chi connectivity index (χ1n) is 17.8. The Kier molecular flexibility index (Phi) is 39.6. The van der Waals surface area contributed by atoms with E-state index in [2.05, 4.69) is 42.5 Å². The number of nitrogens with zero attached hydrogens (tertiary/aromatic N) is 5. The Hall–Kier alpha value is -1.91. The summed E-state index contributed by atoms with van der Waals surface area (Å²) in [6.07, 6.45) is 0. The van der Waals surface area contributed by atoms with Gasteiger partial charge in [-0.3, -0.25) is 29.1 Å². The molecule has 0 saturated carbocycles. The van der Waals surface area contributed by atoms with Crippen LogP contribution in [-0.2, 0) is 50.2 Å². The van der Waals surface area contributed by atoms with E-state index in [9.17, 15) is 53.9 Å². The number of carbonyl (C=O) groups excluding carboxylic acids is 3. The molecule has 1 fully saturated rings. The van der Waals surface area contributed by atoms with Gasteiger partial charge in [0, 0.05) is 77.4 Å². The molecule has 1 rings (SSSR count). The zero-order valence-corrected chi connectivity index (χ0v) is 40.5. The van der Waals surface area contributed by atoms with E-state index >= 15 is 0 Å². The topological polar surface area (TPSA) is 329 Å². The van der Waals surface area contributed by atoms with E-state index < -0.39 is 46.9 Å². The van der Waals surface area contributed by atoms with Crippen LogP contribution in [0.5, 0.6) is 0 Å². The van der Waals surface area contributed by atoms with Crippen LogP contribution in [0.25, 0.3) is 0 Å². The minimum Gasteiger partial charge on any atom is -0.741 e. The number of amides is 3. The van der Waals surface area contributed by atoms with Crippen LogP contribution in [0.1, 0.15) is 55.4 Å². The molecule has 384 valence electrons. The summed E-state index contributed by atoms with van der Waals surface area (Å²) in [4.78, 5) is 46.3. The fourth-order valence-corrected chi connectivity index (χ4v) is 4.08. The number of rotatable bonds is 10. The maximum Gasteiger partial charge on any atom is 3.00 e. The summed E-state index contributed by atoms with van der Waals surface area (Å²) >= 11 is 0. The number of halogens is 9. The van der Waals surface area contributed by atoms with Gasteiger partial charge in [-0.05, 0) is 48.1 Å². The van der Waals surface area contributed by atoms with Crippen LogP contribution < -0.4 is 16.0 Å². The predicted octanol–water partition coefficient (Wildman–Crippen LogP) is -0.436. The molecule has 0 aromatic rings. The molecule has 1 saturated heterocycles.